The number of nitrogens with one attached hydrogen (secondary N) is 2. The number of hydrogen-bond donors (Lipinski definition) is 2. The normalized spacial score (nSPS) is 14.5. The molecule has 0 aliphatic carbocycles. The molecule has 3 amide bonds. The molecule has 128 valence electrons. The number of halogens is 1. The molecule has 0 spiro atoms. The Morgan fingerprint density at radius 3 is 2.58 bits per heavy atom. The van der Waals surface area contributed by atoms with Crippen LogP contribution >= 0.6 is 11.6 Å². The maximum Gasteiger partial charge on any atom is 0.271 e. The Labute approximate surface area is 145 Å². The fraction of sp³-hybridized carbons (Fsp3) is 0.375. The molecular formula is C16H19ClN4O3. The van der Waals surface area contributed by atoms with Crippen molar-refractivity contribution in [1.29, 1.82) is 0 Å². The number of carbonyl (C=O) groups is 3. The largest absolute Gasteiger partial charge is 0.350 e. The van der Waals surface area contributed by atoms with Crippen molar-refractivity contribution < 1.29 is 14.4 Å². The van der Waals surface area contributed by atoms with Crippen molar-refractivity contribution in [2.24, 2.45) is 5.10 Å². The van der Waals surface area contributed by atoms with E-state index in [-0.39, 0.29) is 36.4 Å². The summed E-state index contributed by atoms with van der Waals surface area (Å²) < 4.78 is 0. The van der Waals surface area contributed by atoms with E-state index >= 15 is 0 Å². The molecule has 0 bridgehead atoms. The van der Waals surface area contributed by atoms with Gasteiger partial charge < -0.3 is 10.6 Å². The topological polar surface area (TPSA) is 90.9 Å². The summed E-state index contributed by atoms with van der Waals surface area (Å²) in [7, 11) is 1.50. The van der Waals surface area contributed by atoms with Gasteiger partial charge in [-0.2, -0.15) is 5.10 Å². The number of hydrazone groups is 1. The van der Waals surface area contributed by atoms with Gasteiger partial charge in [0.25, 0.3) is 11.8 Å². The van der Waals surface area contributed by atoms with Crippen molar-refractivity contribution >= 4 is 40.7 Å². The molecule has 8 heteroatoms. The van der Waals surface area contributed by atoms with Crippen molar-refractivity contribution in [1.82, 2.24) is 10.3 Å². The molecule has 0 fully saturated rings. The smallest absolute Gasteiger partial charge is 0.271 e. The number of anilines is 1. The molecule has 2 N–H and O–H groups in total. The van der Waals surface area contributed by atoms with Gasteiger partial charge in [-0.05, 0) is 32.0 Å². The van der Waals surface area contributed by atoms with Gasteiger partial charge in [-0.15, -0.1) is 0 Å². The van der Waals surface area contributed by atoms with Crippen LogP contribution in [0.25, 0.3) is 0 Å². The molecule has 1 heterocycles. The fourth-order valence-corrected chi connectivity index (χ4v) is 2.30. The van der Waals surface area contributed by atoms with Crippen LogP contribution in [-0.2, 0) is 9.59 Å². The minimum Gasteiger partial charge on any atom is -0.350 e. The fourth-order valence-electron chi connectivity index (χ4n) is 2.14. The highest BCUT2D eigenvalue weighted by Gasteiger charge is 2.22. The number of rotatable bonds is 4. The van der Waals surface area contributed by atoms with Gasteiger partial charge in [0, 0.05) is 31.5 Å². The van der Waals surface area contributed by atoms with E-state index < -0.39 is 5.91 Å². The molecule has 0 radical (unpaired) electrons. The summed E-state index contributed by atoms with van der Waals surface area (Å²) in [6.45, 7) is 3.71. The second-order valence-electron chi connectivity index (χ2n) is 5.74. The summed E-state index contributed by atoms with van der Waals surface area (Å²) in [6, 6.07) is 4.64. The van der Waals surface area contributed by atoms with E-state index in [1.165, 1.54) is 13.1 Å². The zero-order valence-corrected chi connectivity index (χ0v) is 14.5. The van der Waals surface area contributed by atoms with Crippen LogP contribution in [0.15, 0.2) is 23.3 Å². The maximum atomic E-state index is 12.3. The molecule has 2 rings (SSSR count). The van der Waals surface area contributed by atoms with Crippen molar-refractivity contribution in [3.8, 4) is 0 Å². The Bertz CT molecular complexity index is 715. The molecule has 7 nitrogen and oxygen atoms in total. The minimum atomic E-state index is -0.447. The van der Waals surface area contributed by atoms with Crippen LogP contribution in [0, 0.1) is 0 Å². The number of nitrogens with zero attached hydrogens (tertiary/aromatic N) is 2. The molecule has 0 saturated carbocycles. The van der Waals surface area contributed by atoms with Gasteiger partial charge in [0.2, 0.25) is 5.91 Å². The molecule has 1 aliphatic rings. The lowest BCUT2D eigenvalue weighted by molar-refractivity contribution is -0.130. The lowest BCUT2D eigenvalue weighted by Gasteiger charge is -2.19. The zero-order valence-electron chi connectivity index (χ0n) is 13.7. The second-order valence-corrected chi connectivity index (χ2v) is 6.15. The predicted octanol–water partition coefficient (Wildman–Crippen LogP) is 2.02. The predicted molar refractivity (Wildman–Crippen MR) is 92.1 cm³/mol. The summed E-state index contributed by atoms with van der Waals surface area (Å²) in [5, 5.41) is 10.8. The average Bonchev–Trinajstić information content (AvgIpc) is 2.51. The van der Waals surface area contributed by atoms with E-state index in [4.69, 9.17) is 11.6 Å². The van der Waals surface area contributed by atoms with Crippen LogP contribution in [0.4, 0.5) is 5.69 Å². The van der Waals surface area contributed by atoms with Gasteiger partial charge in [0.15, 0.2) is 0 Å². The van der Waals surface area contributed by atoms with Gasteiger partial charge in [0.05, 0.1) is 10.7 Å². The third-order valence-electron chi connectivity index (χ3n) is 3.37. The third kappa shape index (κ3) is 4.32. The summed E-state index contributed by atoms with van der Waals surface area (Å²) in [5.41, 5.74) is 0.951. The van der Waals surface area contributed by atoms with Crippen molar-refractivity contribution in [3.05, 3.63) is 28.8 Å². The van der Waals surface area contributed by atoms with Crippen LogP contribution in [0.3, 0.4) is 0 Å². The Kier molecular flexibility index (Phi) is 5.56. The van der Waals surface area contributed by atoms with E-state index in [2.05, 4.69) is 15.7 Å². The summed E-state index contributed by atoms with van der Waals surface area (Å²) in [4.78, 5) is 35.7. The standard InChI is InChI=1S/C16H19ClN4O3/c1-9(2)18-15(23)10-4-5-11(17)13(8-10)19-16(24)12-6-7-14(22)21(3)20-12/h4-5,8-9H,6-7H2,1-3H3,(H,18,23)(H,19,24). The Morgan fingerprint density at radius 1 is 1.25 bits per heavy atom. The maximum absolute atomic E-state index is 12.3. The van der Waals surface area contributed by atoms with Gasteiger partial charge >= 0.3 is 0 Å². The molecule has 1 aromatic carbocycles. The molecule has 0 saturated heterocycles. The van der Waals surface area contributed by atoms with Crippen LogP contribution in [0.2, 0.25) is 5.02 Å². The summed E-state index contributed by atoms with van der Waals surface area (Å²) in [5.74, 6) is -0.841. The Balaban J connectivity index is 2.17. The highest BCUT2D eigenvalue weighted by atomic mass is 35.5. The van der Waals surface area contributed by atoms with Crippen molar-refractivity contribution in [2.45, 2.75) is 32.7 Å². The van der Waals surface area contributed by atoms with Crippen LogP contribution in [0.1, 0.15) is 37.0 Å². The number of benzene rings is 1. The number of carbonyl (C=O) groups excluding carboxylic acids is 3. The first kappa shape index (κ1) is 17.9. The van der Waals surface area contributed by atoms with Gasteiger partial charge in [-0.25, -0.2) is 5.01 Å². The van der Waals surface area contributed by atoms with Crippen LogP contribution in [0.5, 0.6) is 0 Å². The first-order chi connectivity index (χ1) is 11.3. The van der Waals surface area contributed by atoms with E-state index in [9.17, 15) is 14.4 Å². The highest BCUT2D eigenvalue weighted by molar-refractivity contribution is 6.44. The molecule has 0 atom stereocenters. The molecule has 1 aromatic rings. The molecular weight excluding hydrogens is 332 g/mol. The molecule has 1 aliphatic heterocycles. The first-order valence-corrected chi connectivity index (χ1v) is 7.91. The van der Waals surface area contributed by atoms with E-state index in [1.807, 2.05) is 13.8 Å². The van der Waals surface area contributed by atoms with Gasteiger partial charge in [-0.1, -0.05) is 11.6 Å². The van der Waals surface area contributed by atoms with E-state index in [1.54, 1.807) is 12.1 Å². The molecule has 24 heavy (non-hydrogen) atoms. The van der Waals surface area contributed by atoms with Crippen LogP contribution in [-0.4, -0.2) is 41.5 Å². The quantitative estimate of drug-likeness (QED) is 0.870. The summed E-state index contributed by atoms with van der Waals surface area (Å²) in [6.07, 6.45) is 0.494. The van der Waals surface area contributed by atoms with E-state index in [0.717, 1.165) is 5.01 Å². The van der Waals surface area contributed by atoms with Gasteiger partial charge in [0.1, 0.15) is 5.71 Å². The third-order valence-corrected chi connectivity index (χ3v) is 3.70. The van der Waals surface area contributed by atoms with Crippen molar-refractivity contribution in [3.63, 3.8) is 0 Å². The number of hydrogen-bond acceptors (Lipinski definition) is 4. The first-order valence-electron chi connectivity index (χ1n) is 7.53. The molecule has 0 aromatic heterocycles. The Morgan fingerprint density at radius 2 is 1.96 bits per heavy atom. The SMILES string of the molecule is CC(C)NC(=O)c1ccc(Cl)c(NC(=O)C2=NN(C)C(=O)CC2)c1. The monoisotopic (exact) mass is 350 g/mol. The lowest BCUT2D eigenvalue weighted by atomic mass is 10.1. The highest BCUT2D eigenvalue weighted by Crippen LogP contribution is 2.23. The van der Waals surface area contributed by atoms with E-state index in [0.29, 0.717) is 16.3 Å². The van der Waals surface area contributed by atoms with Gasteiger partial charge in [-0.3, -0.25) is 14.4 Å². The average molecular weight is 351 g/mol. The van der Waals surface area contributed by atoms with Crippen molar-refractivity contribution in [2.75, 3.05) is 12.4 Å². The zero-order chi connectivity index (χ0) is 17.9. The minimum absolute atomic E-state index is 0.00381. The number of amides is 3. The van der Waals surface area contributed by atoms with Crippen LogP contribution < -0.4 is 10.6 Å². The lowest BCUT2D eigenvalue weighted by Crippen LogP contribution is -2.34. The molecule has 0 unspecified atom stereocenters. The second kappa shape index (κ2) is 7.44. The summed E-state index contributed by atoms with van der Waals surface area (Å²) >= 11 is 6.09. The Hall–Kier alpha value is -2.41.